The quantitative estimate of drug-likeness (QED) is 0.732. The van der Waals surface area contributed by atoms with E-state index < -0.39 is 11.9 Å². The van der Waals surface area contributed by atoms with Crippen LogP contribution in [-0.2, 0) is 11.2 Å². The average molecular weight is 205 g/mol. The van der Waals surface area contributed by atoms with Gasteiger partial charge in [0, 0.05) is 6.04 Å². The summed E-state index contributed by atoms with van der Waals surface area (Å²) in [6, 6.07) is 5.58. The molecule has 80 valence electrons. The van der Waals surface area contributed by atoms with Gasteiger partial charge >= 0.3 is 5.97 Å². The predicted molar refractivity (Wildman–Crippen MR) is 57.6 cm³/mol. The van der Waals surface area contributed by atoms with Gasteiger partial charge in [-0.3, -0.25) is 4.79 Å². The van der Waals surface area contributed by atoms with E-state index in [1.165, 1.54) is 11.1 Å². The normalized spacial score (nSPS) is 24.7. The number of carboxylic acid groups (broad SMARTS) is 1. The lowest BCUT2D eigenvalue weighted by atomic mass is 9.79. The fraction of sp³-hybridized carbons (Fsp3) is 0.417. The van der Waals surface area contributed by atoms with Crippen molar-refractivity contribution in [3.63, 3.8) is 0 Å². The molecule has 3 N–H and O–H groups in total. The maximum atomic E-state index is 11.0. The van der Waals surface area contributed by atoms with Crippen LogP contribution in [0.25, 0.3) is 0 Å². The molecule has 0 aromatic heterocycles. The van der Waals surface area contributed by atoms with E-state index in [4.69, 9.17) is 10.8 Å². The van der Waals surface area contributed by atoms with Gasteiger partial charge in [-0.05, 0) is 36.5 Å². The number of aryl methyl sites for hydroxylation is 1. The van der Waals surface area contributed by atoms with Crippen LogP contribution in [0, 0.1) is 12.8 Å². The lowest BCUT2D eigenvalue weighted by Gasteiger charge is -2.29. The third-order valence-electron chi connectivity index (χ3n) is 3.26. The second kappa shape index (κ2) is 3.66. The zero-order valence-corrected chi connectivity index (χ0v) is 8.73. The van der Waals surface area contributed by atoms with E-state index in [9.17, 15) is 4.79 Å². The number of benzene rings is 1. The molecule has 3 nitrogen and oxygen atoms in total. The molecule has 0 saturated heterocycles. The number of hydrogen-bond acceptors (Lipinski definition) is 2. The maximum absolute atomic E-state index is 11.0. The molecule has 0 bridgehead atoms. The first-order valence-corrected chi connectivity index (χ1v) is 5.18. The van der Waals surface area contributed by atoms with Crippen LogP contribution in [0.15, 0.2) is 18.2 Å². The van der Waals surface area contributed by atoms with Crippen LogP contribution in [0.4, 0.5) is 0 Å². The molecule has 1 aromatic rings. The molecule has 3 heteroatoms. The Morgan fingerprint density at radius 1 is 1.53 bits per heavy atom. The first-order chi connectivity index (χ1) is 7.11. The molecule has 0 spiro atoms. The first-order valence-electron chi connectivity index (χ1n) is 5.18. The van der Waals surface area contributed by atoms with E-state index in [1.54, 1.807) is 0 Å². The standard InChI is InChI=1S/C12H15NO2/c1-7-3-2-4-9-8(7)5-6-10(11(9)13)12(14)15/h2-4,10-11H,5-6,13H2,1H3,(H,14,15). The highest BCUT2D eigenvalue weighted by atomic mass is 16.4. The topological polar surface area (TPSA) is 63.3 Å². The summed E-state index contributed by atoms with van der Waals surface area (Å²) in [5.74, 6) is -1.21. The Bertz CT molecular complexity index is 401. The summed E-state index contributed by atoms with van der Waals surface area (Å²) in [5, 5.41) is 9.02. The fourth-order valence-corrected chi connectivity index (χ4v) is 2.35. The molecule has 0 amide bonds. The Morgan fingerprint density at radius 2 is 2.27 bits per heavy atom. The molecule has 0 heterocycles. The number of carboxylic acids is 1. The van der Waals surface area contributed by atoms with Crippen molar-refractivity contribution in [2.75, 3.05) is 0 Å². The summed E-state index contributed by atoms with van der Waals surface area (Å²) in [7, 11) is 0. The molecule has 2 unspecified atom stereocenters. The molecule has 0 fully saturated rings. The summed E-state index contributed by atoms with van der Waals surface area (Å²) in [6.07, 6.45) is 1.47. The van der Waals surface area contributed by atoms with Gasteiger partial charge in [-0.1, -0.05) is 18.2 Å². The van der Waals surface area contributed by atoms with Gasteiger partial charge in [-0.2, -0.15) is 0 Å². The Balaban J connectivity index is 2.42. The van der Waals surface area contributed by atoms with Gasteiger partial charge < -0.3 is 10.8 Å². The van der Waals surface area contributed by atoms with Crippen LogP contribution >= 0.6 is 0 Å². The van der Waals surface area contributed by atoms with E-state index in [-0.39, 0.29) is 6.04 Å². The largest absolute Gasteiger partial charge is 0.481 e. The molecule has 2 atom stereocenters. The molecule has 2 rings (SSSR count). The third-order valence-corrected chi connectivity index (χ3v) is 3.26. The summed E-state index contributed by atoms with van der Waals surface area (Å²) < 4.78 is 0. The number of nitrogens with two attached hydrogens (primary N) is 1. The molecule has 1 aliphatic carbocycles. The van der Waals surface area contributed by atoms with Gasteiger partial charge in [0.25, 0.3) is 0 Å². The number of aliphatic carboxylic acids is 1. The smallest absolute Gasteiger partial charge is 0.308 e. The Hall–Kier alpha value is -1.35. The average Bonchev–Trinajstić information content (AvgIpc) is 2.19. The number of fused-ring (bicyclic) bond motifs is 1. The van der Waals surface area contributed by atoms with Crippen LogP contribution in [0.2, 0.25) is 0 Å². The maximum Gasteiger partial charge on any atom is 0.308 e. The van der Waals surface area contributed by atoms with E-state index >= 15 is 0 Å². The molecule has 0 aliphatic heterocycles. The first kappa shape index (κ1) is 10.2. The van der Waals surface area contributed by atoms with Crippen LogP contribution < -0.4 is 5.73 Å². The second-order valence-electron chi connectivity index (χ2n) is 4.15. The fourth-order valence-electron chi connectivity index (χ4n) is 2.35. The van der Waals surface area contributed by atoms with Gasteiger partial charge in [-0.15, -0.1) is 0 Å². The highest BCUT2D eigenvalue weighted by Crippen LogP contribution is 2.34. The van der Waals surface area contributed by atoms with Crippen molar-refractivity contribution in [2.24, 2.45) is 11.7 Å². The summed E-state index contributed by atoms with van der Waals surface area (Å²) in [4.78, 5) is 11.0. The van der Waals surface area contributed by atoms with Crippen molar-refractivity contribution < 1.29 is 9.90 Å². The molecular formula is C12H15NO2. The van der Waals surface area contributed by atoms with Gasteiger partial charge in [0.15, 0.2) is 0 Å². The lowest BCUT2D eigenvalue weighted by Crippen LogP contribution is -2.33. The van der Waals surface area contributed by atoms with E-state index in [0.717, 1.165) is 12.0 Å². The predicted octanol–water partition coefficient (Wildman–Crippen LogP) is 1.64. The van der Waals surface area contributed by atoms with Crippen molar-refractivity contribution in [3.05, 3.63) is 34.9 Å². The van der Waals surface area contributed by atoms with Crippen LogP contribution in [0.5, 0.6) is 0 Å². The Morgan fingerprint density at radius 3 is 2.93 bits per heavy atom. The van der Waals surface area contributed by atoms with Gasteiger partial charge in [0.2, 0.25) is 0 Å². The summed E-state index contributed by atoms with van der Waals surface area (Å²) in [6.45, 7) is 2.05. The monoisotopic (exact) mass is 205 g/mol. The number of carbonyl (C=O) groups is 1. The van der Waals surface area contributed by atoms with E-state index in [0.29, 0.717) is 6.42 Å². The van der Waals surface area contributed by atoms with E-state index in [2.05, 4.69) is 0 Å². The SMILES string of the molecule is Cc1cccc2c1CCC(C(=O)O)C2N. The molecular weight excluding hydrogens is 190 g/mol. The van der Waals surface area contributed by atoms with E-state index in [1.807, 2.05) is 25.1 Å². The summed E-state index contributed by atoms with van der Waals surface area (Å²) in [5.41, 5.74) is 9.44. The molecule has 0 radical (unpaired) electrons. The molecule has 1 aliphatic rings. The zero-order valence-electron chi connectivity index (χ0n) is 8.73. The minimum atomic E-state index is -0.783. The van der Waals surface area contributed by atoms with Crippen molar-refractivity contribution >= 4 is 5.97 Å². The van der Waals surface area contributed by atoms with Gasteiger partial charge in [0.1, 0.15) is 0 Å². The van der Waals surface area contributed by atoms with Crippen molar-refractivity contribution in [3.8, 4) is 0 Å². The van der Waals surface area contributed by atoms with Crippen LogP contribution in [0.1, 0.15) is 29.2 Å². The molecule has 1 aromatic carbocycles. The molecule has 0 saturated carbocycles. The summed E-state index contributed by atoms with van der Waals surface area (Å²) >= 11 is 0. The van der Waals surface area contributed by atoms with Gasteiger partial charge in [0.05, 0.1) is 5.92 Å². The van der Waals surface area contributed by atoms with Crippen molar-refractivity contribution in [1.82, 2.24) is 0 Å². The van der Waals surface area contributed by atoms with Gasteiger partial charge in [-0.25, -0.2) is 0 Å². The molecule has 15 heavy (non-hydrogen) atoms. The lowest BCUT2D eigenvalue weighted by molar-refractivity contribution is -0.143. The minimum Gasteiger partial charge on any atom is -0.481 e. The second-order valence-corrected chi connectivity index (χ2v) is 4.15. The van der Waals surface area contributed by atoms with Crippen molar-refractivity contribution in [1.29, 1.82) is 0 Å². The highest BCUT2D eigenvalue weighted by Gasteiger charge is 2.32. The highest BCUT2D eigenvalue weighted by molar-refractivity contribution is 5.72. The van der Waals surface area contributed by atoms with Crippen LogP contribution in [0.3, 0.4) is 0 Å². The minimum absolute atomic E-state index is 0.355. The Labute approximate surface area is 88.9 Å². The zero-order chi connectivity index (χ0) is 11.0. The number of rotatable bonds is 1. The Kier molecular flexibility index (Phi) is 2.49. The number of hydrogen-bond donors (Lipinski definition) is 2. The van der Waals surface area contributed by atoms with Crippen molar-refractivity contribution in [2.45, 2.75) is 25.8 Å². The third kappa shape index (κ3) is 1.63. The van der Waals surface area contributed by atoms with Crippen LogP contribution in [-0.4, -0.2) is 11.1 Å².